The Morgan fingerprint density at radius 2 is 1.77 bits per heavy atom. The van der Waals surface area contributed by atoms with Crippen LogP contribution in [0.25, 0.3) is 0 Å². The van der Waals surface area contributed by atoms with Gasteiger partial charge in [0.1, 0.15) is 0 Å². The summed E-state index contributed by atoms with van der Waals surface area (Å²) in [6.07, 6.45) is 4.30. The van der Waals surface area contributed by atoms with Crippen LogP contribution in [0.2, 0.25) is 0 Å². The van der Waals surface area contributed by atoms with Gasteiger partial charge in [0.15, 0.2) is 0 Å². The summed E-state index contributed by atoms with van der Waals surface area (Å²) < 4.78 is -0.0537. The highest BCUT2D eigenvalue weighted by atomic mass is 32.2. The summed E-state index contributed by atoms with van der Waals surface area (Å²) in [7, 11) is 0. The molecule has 0 atom stereocenters. The van der Waals surface area contributed by atoms with E-state index in [-0.39, 0.29) is 15.4 Å². The van der Waals surface area contributed by atoms with E-state index in [0.717, 1.165) is 32.2 Å². The first-order valence-electron chi connectivity index (χ1n) is 4.69. The molecule has 72 valence electrons. The Hall–Kier alpha value is 0.170. The molecule has 1 saturated heterocycles. The Bertz CT molecular complexity index is 284. The highest BCUT2D eigenvalue weighted by Gasteiger charge is 2.68. The molecule has 3 fully saturated rings. The van der Waals surface area contributed by atoms with Gasteiger partial charge in [0.2, 0.25) is 5.91 Å². The molecule has 0 bridgehead atoms. The molecular weight excluding hydrogens is 202 g/mol. The molecule has 13 heavy (non-hydrogen) atoms. The Morgan fingerprint density at radius 3 is 2.08 bits per heavy atom. The van der Waals surface area contributed by atoms with Crippen molar-refractivity contribution in [2.24, 2.45) is 10.8 Å². The summed E-state index contributed by atoms with van der Waals surface area (Å²) in [5.41, 5.74) is 0.472. The average molecular weight is 215 g/mol. The van der Waals surface area contributed by atoms with E-state index >= 15 is 0 Å². The third-order valence-electron chi connectivity index (χ3n) is 3.81. The zero-order valence-corrected chi connectivity index (χ0v) is 9.13. The largest absolute Gasteiger partial charge is 0.354 e. The van der Waals surface area contributed by atoms with Gasteiger partial charge in [-0.2, -0.15) is 25.3 Å². The summed E-state index contributed by atoms with van der Waals surface area (Å²) in [5, 5.41) is 2.83. The molecule has 2 nitrogen and oxygen atoms in total. The maximum Gasteiger partial charge on any atom is 0.228 e. The number of rotatable bonds is 0. The summed E-state index contributed by atoms with van der Waals surface area (Å²) >= 11 is 8.87. The number of carbonyl (C=O) groups excluding carboxylic acids is 1. The predicted molar refractivity (Wildman–Crippen MR) is 57.0 cm³/mol. The number of carbonyl (C=O) groups is 1. The fraction of sp³-hybridized carbons (Fsp3) is 0.889. The Kier molecular flexibility index (Phi) is 1.34. The van der Waals surface area contributed by atoms with Crippen LogP contribution in [0.1, 0.15) is 25.7 Å². The first kappa shape index (κ1) is 8.48. The molecule has 0 unspecified atom stereocenters. The summed E-state index contributed by atoms with van der Waals surface area (Å²) in [5.74, 6) is 0.272. The molecule has 2 spiro atoms. The lowest BCUT2D eigenvalue weighted by molar-refractivity contribution is -0.172. The molecule has 0 aromatic carbocycles. The van der Waals surface area contributed by atoms with Crippen LogP contribution in [-0.4, -0.2) is 16.5 Å². The summed E-state index contributed by atoms with van der Waals surface area (Å²) in [4.78, 5) is 11.3. The van der Waals surface area contributed by atoms with E-state index < -0.39 is 0 Å². The van der Waals surface area contributed by atoms with Crippen molar-refractivity contribution in [3.8, 4) is 0 Å². The van der Waals surface area contributed by atoms with Gasteiger partial charge in [-0.05, 0) is 31.1 Å². The minimum Gasteiger partial charge on any atom is -0.354 e. The van der Waals surface area contributed by atoms with E-state index in [4.69, 9.17) is 0 Å². The van der Waals surface area contributed by atoms with Gasteiger partial charge in [-0.3, -0.25) is 4.79 Å². The number of hydrogen-bond donors (Lipinski definition) is 3. The SMILES string of the molecule is O=C1NCC12CC1(CC(S)(S)C1)C2. The molecule has 1 N–H and O–H groups in total. The van der Waals surface area contributed by atoms with E-state index in [0.29, 0.717) is 5.41 Å². The summed E-state index contributed by atoms with van der Waals surface area (Å²) in [6.45, 7) is 0.903. The zero-order chi connectivity index (χ0) is 9.32. The first-order valence-corrected chi connectivity index (χ1v) is 5.58. The number of hydrogen-bond acceptors (Lipinski definition) is 3. The average Bonchev–Trinajstić information content (AvgIpc) is 1.91. The van der Waals surface area contributed by atoms with Crippen molar-refractivity contribution in [2.75, 3.05) is 6.54 Å². The van der Waals surface area contributed by atoms with Crippen LogP contribution in [-0.2, 0) is 4.79 Å². The van der Waals surface area contributed by atoms with Crippen LogP contribution in [0.5, 0.6) is 0 Å². The van der Waals surface area contributed by atoms with Crippen LogP contribution in [0.3, 0.4) is 0 Å². The third kappa shape index (κ3) is 0.962. The topological polar surface area (TPSA) is 29.1 Å². The van der Waals surface area contributed by atoms with Gasteiger partial charge in [0, 0.05) is 6.54 Å². The Balaban J connectivity index is 1.67. The van der Waals surface area contributed by atoms with Crippen molar-refractivity contribution in [3.05, 3.63) is 0 Å². The smallest absolute Gasteiger partial charge is 0.228 e. The molecule has 0 radical (unpaired) electrons. The number of amides is 1. The molecular formula is C9H13NOS2. The molecule has 1 heterocycles. The monoisotopic (exact) mass is 215 g/mol. The molecule has 0 aromatic rings. The van der Waals surface area contributed by atoms with E-state index in [9.17, 15) is 4.79 Å². The van der Waals surface area contributed by atoms with E-state index in [1.165, 1.54) is 0 Å². The lowest BCUT2D eigenvalue weighted by Crippen LogP contribution is -2.71. The van der Waals surface area contributed by atoms with Crippen LogP contribution in [0, 0.1) is 10.8 Å². The highest BCUT2D eigenvalue weighted by Crippen LogP contribution is 2.70. The van der Waals surface area contributed by atoms with Crippen molar-refractivity contribution < 1.29 is 4.79 Å². The van der Waals surface area contributed by atoms with Crippen molar-refractivity contribution in [1.29, 1.82) is 0 Å². The lowest BCUT2D eigenvalue weighted by Gasteiger charge is -2.67. The molecule has 2 saturated carbocycles. The fourth-order valence-corrected chi connectivity index (χ4v) is 4.82. The van der Waals surface area contributed by atoms with E-state index in [1.54, 1.807) is 0 Å². The highest BCUT2D eigenvalue weighted by molar-refractivity contribution is 8.00. The lowest BCUT2D eigenvalue weighted by atomic mass is 9.43. The molecule has 1 aliphatic heterocycles. The standard InChI is InChI=1S/C9H13NOS2/c11-6-8(5-10-6)1-7(2-8)3-9(12,13)4-7/h12-13H,1-5H2,(H,10,11). The molecule has 0 aromatic heterocycles. The van der Waals surface area contributed by atoms with Gasteiger partial charge in [-0.1, -0.05) is 0 Å². The van der Waals surface area contributed by atoms with Gasteiger partial charge in [0.05, 0.1) is 9.49 Å². The van der Waals surface area contributed by atoms with Crippen LogP contribution in [0.4, 0.5) is 0 Å². The minimum absolute atomic E-state index is 0.0397. The molecule has 3 rings (SSSR count). The second kappa shape index (κ2) is 2.06. The van der Waals surface area contributed by atoms with Gasteiger partial charge in [-0.25, -0.2) is 0 Å². The second-order valence-electron chi connectivity index (χ2n) is 5.15. The minimum atomic E-state index is -0.0537. The van der Waals surface area contributed by atoms with Crippen LogP contribution in [0.15, 0.2) is 0 Å². The molecule has 2 aliphatic carbocycles. The number of thiol groups is 2. The predicted octanol–water partition coefficient (Wildman–Crippen LogP) is 1.23. The zero-order valence-electron chi connectivity index (χ0n) is 7.34. The third-order valence-corrected chi connectivity index (χ3v) is 4.44. The van der Waals surface area contributed by atoms with Crippen LogP contribution >= 0.6 is 25.3 Å². The van der Waals surface area contributed by atoms with Crippen molar-refractivity contribution >= 4 is 31.2 Å². The van der Waals surface area contributed by atoms with E-state index in [1.807, 2.05) is 0 Å². The van der Waals surface area contributed by atoms with Gasteiger partial charge >= 0.3 is 0 Å². The first-order chi connectivity index (χ1) is 5.96. The van der Waals surface area contributed by atoms with E-state index in [2.05, 4.69) is 30.6 Å². The maximum absolute atomic E-state index is 11.3. The maximum atomic E-state index is 11.3. The van der Waals surface area contributed by atoms with Gasteiger partial charge in [-0.15, -0.1) is 0 Å². The molecule has 3 aliphatic rings. The molecule has 1 amide bonds. The van der Waals surface area contributed by atoms with Crippen molar-refractivity contribution in [1.82, 2.24) is 5.32 Å². The number of nitrogens with one attached hydrogen (secondary N) is 1. The Morgan fingerprint density at radius 1 is 1.15 bits per heavy atom. The van der Waals surface area contributed by atoms with Crippen LogP contribution < -0.4 is 5.32 Å². The van der Waals surface area contributed by atoms with Gasteiger partial charge in [0.25, 0.3) is 0 Å². The normalized spacial score (nSPS) is 36.0. The van der Waals surface area contributed by atoms with Gasteiger partial charge < -0.3 is 5.32 Å². The Labute approximate surface area is 88.7 Å². The van der Waals surface area contributed by atoms with Crippen molar-refractivity contribution in [2.45, 2.75) is 29.8 Å². The summed E-state index contributed by atoms with van der Waals surface area (Å²) in [6, 6.07) is 0. The second-order valence-corrected chi connectivity index (χ2v) is 7.22. The van der Waals surface area contributed by atoms with Crippen molar-refractivity contribution in [3.63, 3.8) is 0 Å². The molecule has 4 heteroatoms. The quantitative estimate of drug-likeness (QED) is 0.317. The fourth-order valence-electron chi connectivity index (χ4n) is 3.48. The number of β-lactam (4-membered cyclic amide) rings is 1.